The molecular weight excluding hydrogens is 318 g/mol. The van der Waals surface area contributed by atoms with Gasteiger partial charge in [-0.1, -0.05) is 42.5 Å². The maximum absolute atomic E-state index is 12.0. The van der Waals surface area contributed by atoms with Crippen LogP contribution in [0.15, 0.2) is 48.5 Å². The van der Waals surface area contributed by atoms with Crippen LogP contribution in [0.5, 0.6) is 5.75 Å². The number of carbonyl (C=O) groups is 1. The Labute approximate surface area is 148 Å². The molecule has 0 spiro atoms. The van der Waals surface area contributed by atoms with Gasteiger partial charge in [0.1, 0.15) is 12.4 Å². The molecule has 128 valence electrons. The lowest BCUT2D eigenvalue weighted by Gasteiger charge is -2.16. The molecule has 2 rings (SSSR count). The van der Waals surface area contributed by atoms with Crippen molar-refractivity contribution >= 4 is 17.7 Å². The lowest BCUT2D eigenvalue weighted by Crippen LogP contribution is -2.37. The van der Waals surface area contributed by atoms with E-state index in [1.165, 1.54) is 11.1 Å². The number of hydrogen-bond acceptors (Lipinski definition) is 3. The van der Waals surface area contributed by atoms with Crippen LogP contribution in [0.2, 0.25) is 0 Å². The maximum Gasteiger partial charge on any atom is 0.230 e. The van der Waals surface area contributed by atoms with Gasteiger partial charge in [0.05, 0.1) is 11.8 Å². The first-order chi connectivity index (χ1) is 11.6. The number of carbonyl (C=O) groups excluding carboxylic acids is 1. The van der Waals surface area contributed by atoms with E-state index in [1.807, 2.05) is 50.2 Å². The predicted molar refractivity (Wildman–Crippen MR) is 102 cm³/mol. The SMILES string of the molecule is Cc1ccccc1CSCC(=O)N[C@H](C)COc1ccccc1C. The minimum atomic E-state index is -0.0174. The Morgan fingerprint density at radius 1 is 1.08 bits per heavy atom. The summed E-state index contributed by atoms with van der Waals surface area (Å²) in [6, 6.07) is 16.2. The molecule has 0 unspecified atom stereocenters. The zero-order valence-corrected chi connectivity index (χ0v) is 15.4. The molecule has 0 fully saturated rings. The van der Waals surface area contributed by atoms with E-state index in [0.29, 0.717) is 12.4 Å². The van der Waals surface area contributed by atoms with Gasteiger partial charge in [-0.2, -0.15) is 0 Å². The topological polar surface area (TPSA) is 38.3 Å². The van der Waals surface area contributed by atoms with Crippen molar-refractivity contribution in [1.82, 2.24) is 5.32 Å². The lowest BCUT2D eigenvalue weighted by molar-refractivity contribution is -0.119. The fourth-order valence-corrected chi connectivity index (χ4v) is 3.23. The van der Waals surface area contributed by atoms with Crippen LogP contribution in [0.1, 0.15) is 23.6 Å². The molecule has 1 N–H and O–H groups in total. The maximum atomic E-state index is 12.0. The fourth-order valence-electron chi connectivity index (χ4n) is 2.32. The van der Waals surface area contributed by atoms with E-state index in [4.69, 9.17) is 4.74 Å². The van der Waals surface area contributed by atoms with Crippen LogP contribution in [0.3, 0.4) is 0 Å². The van der Waals surface area contributed by atoms with E-state index in [9.17, 15) is 4.79 Å². The first-order valence-corrected chi connectivity index (χ1v) is 9.32. The van der Waals surface area contributed by atoms with Gasteiger partial charge in [-0.05, 0) is 43.5 Å². The van der Waals surface area contributed by atoms with Crippen molar-refractivity contribution in [3.05, 3.63) is 65.2 Å². The fraction of sp³-hybridized carbons (Fsp3) is 0.350. The molecule has 2 aromatic rings. The number of benzene rings is 2. The van der Waals surface area contributed by atoms with Crippen LogP contribution >= 0.6 is 11.8 Å². The number of aryl methyl sites for hydroxylation is 2. The minimum Gasteiger partial charge on any atom is -0.491 e. The van der Waals surface area contributed by atoms with Crippen LogP contribution < -0.4 is 10.1 Å². The first-order valence-electron chi connectivity index (χ1n) is 8.16. The van der Waals surface area contributed by atoms with Gasteiger partial charge in [0.15, 0.2) is 0 Å². The van der Waals surface area contributed by atoms with E-state index in [2.05, 4.69) is 24.4 Å². The highest BCUT2D eigenvalue weighted by molar-refractivity contribution is 7.99. The number of para-hydroxylation sites is 1. The Kier molecular flexibility index (Phi) is 7.19. The van der Waals surface area contributed by atoms with Crippen LogP contribution in [0, 0.1) is 13.8 Å². The molecule has 0 aliphatic carbocycles. The number of amides is 1. The molecule has 0 radical (unpaired) electrons. The summed E-state index contributed by atoms with van der Waals surface area (Å²) in [4.78, 5) is 12.0. The second-order valence-electron chi connectivity index (χ2n) is 5.96. The largest absolute Gasteiger partial charge is 0.491 e. The summed E-state index contributed by atoms with van der Waals surface area (Å²) >= 11 is 1.63. The van der Waals surface area contributed by atoms with Gasteiger partial charge in [0.2, 0.25) is 5.91 Å². The third-order valence-corrected chi connectivity index (χ3v) is 4.72. The number of hydrogen-bond donors (Lipinski definition) is 1. The van der Waals surface area contributed by atoms with Gasteiger partial charge in [0.25, 0.3) is 0 Å². The number of thioether (sulfide) groups is 1. The summed E-state index contributed by atoms with van der Waals surface area (Å²) < 4.78 is 5.77. The second-order valence-corrected chi connectivity index (χ2v) is 6.95. The summed E-state index contributed by atoms with van der Waals surface area (Å²) in [5, 5.41) is 2.99. The van der Waals surface area contributed by atoms with Gasteiger partial charge < -0.3 is 10.1 Å². The minimum absolute atomic E-state index is 0.0174. The Hall–Kier alpha value is -1.94. The molecule has 0 heterocycles. The summed E-state index contributed by atoms with van der Waals surface area (Å²) in [5.41, 5.74) is 3.65. The van der Waals surface area contributed by atoms with Gasteiger partial charge >= 0.3 is 0 Å². The highest BCUT2D eigenvalue weighted by atomic mass is 32.2. The van der Waals surface area contributed by atoms with Crippen LogP contribution in [-0.4, -0.2) is 24.3 Å². The van der Waals surface area contributed by atoms with Crippen molar-refractivity contribution in [3.63, 3.8) is 0 Å². The van der Waals surface area contributed by atoms with Crippen molar-refractivity contribution in [2.45, 2.75) is 32.6 Å². The molecule has 2 aromatic carbocycles. The molecule has 0 saturated heterocycles. The number of ether oxygens (including phenoxy) is 1. The predicted octanol–water partition coefficient (Wildman–Crippen LogP) is 4.12. The molecule has 1 amide bonds. The Morgan fingerprint density at radius 2 is 1.75 bits per heavy atom. The van der Waals surface area contributed by atoms with Crippen molar-refractivity contribution in [2.24, 2.45) is 0 Å². The smallest absolute Gasteiger partial charge is 0.230 e. The third kappa shape index (κ3) is 5.93. The first kappa shape index (κ1) is 18.4. The molecule has 0 aromatic heterocycles. The van der Waals surface area contributed by atoms with E-state index >= 15 is 0 Å². The third-order valence-electron chi connectivity index (χ3n) is 3.74. The highest BCUT2D eigenvalue weighted by Crippen LogP contribution is 2.17. The average molecular weight is 343 g/mol. The van der Waals surface area contributed by atoms with Gasteiger partial charge in [-0.3, -0.25) is 4.79 Å². The Balaban J connectivity index is 1.68. The van der Waals surface area contributed by atoms with E-state index in [1.54, 1.807) is 11.8 Å². The van der Waals surface area contributed by atoms with Gasteiger partial charge in [-0.25, -0.2) is 0 Å². The van der Waals surface area contributed by atoms with Gasteiger partial charge in [-0.15, -0.1) is 11.8 Å². The zero-order valence-electron chi connectivity index (χ0n) is 14.5. The lowest BCUT2D eigenvalue weighted by atomic mass is 10.1. The molecule has 1 atom stereocenters. The van der Waals surface area contributed by atoms with Crippen molar-refractivity contribution < 1.29 is 9.53 Å². The second kappa shape index (κ2) is 9.38. The van der Waals surface area contributed by atoms with E-state index in [0.717, 1.165) is 17.1 Å². The normalized spacial score (nSPS) is 11.8. The summed E-state index contributed by atoms with van der Waals surface area (Å²) in [5.74, 6) is 2.24. The Bertz CT molecular complexity index is 672. The molecule has 3 nitrogen and oxygen atoms in total. The van der Waals surface area contributed by atoms with Crippen molar-refractivity contribution in [2.75, 3.05) is 12.4 Å². The molecule has 24 heavy (non-hydrogen) atoms. The van der Waals surface area contributed by atoms with E-state index in [-0.39, 0.29) is 11.9 Å². The van der Waals surface area contributed by atoms with Crippen molar-refractivity contribution in [3.8, 4) is 5.75 Å². The molecule has 0 aliphatic rings. The summed E-state index contributed by atoms with van der Waals surface area (Å²) in [6.07, 6.45) is 0. The molecule has 0 aliphatic heterocycles. The summed E-state index contributed by atoms with van der Waals surface area (Å²) in [7, 11) is 0. The summed E-state index contributed by atoms with van der Waals surface area (Å²) in [6.45, 7) is 6.54. The molecular formula is C20H25NO2S. The van der Waals surface area contributed by atoms with Crippen molar-refractivity contribution in [1.29, 1.82) is 0 Å². The van der Waals surface area contributed by atoms with Crippen LogP contribution in [0.25, 0.3) is 0 Å². The number of nitrogens with one attached hydrogen (secondary N) is 1. The molecule has 0 bridgehead atoms. The standard InChI is InChI=1S/C20H25NO2S/c1-15-8-4-6-10-18(15)13-24-14-20(22)21-17(3)12-23-19-11-7-5-9-16(19)2/h4-11,17H,12-14H2,1-3H3,(H,21,22)/t17-/m1/s1. The van der Waals surface area contributed by atoms with Crippen LogP contribution in [-0.2, 0) is 10.5 Å². The highest BCUT2D eigenvalue weighted by Gasteiger charge is 2.09. The van der Waals surface area contributed by atoms with Gasteiger partial charge in [0, 0.05) is 5.75 Å². The van der Waals surface area contributed by atoms with Crippen LogP contribution in [0.4, 0.5) is 0 Å². The molecule has 4 heteroatoms. The van der Waals surface area contributed by atoms with E-state index < -0.39 is 0 Å². The Morgan fingerprint density at radius 3 is 2.46 bits per heavy atom. The number of rotatable bonds is 8. The zero-order chi connectivity index (χ0) is 17.4. The molecule has 0 saturated carbocycles. The monoisotopic (exact) mass is 343 g/mol. The average Bonchev–Trinajstić information content (AvgIpc) is 2.56. The quantitative estimate of drug-likeness (QED) is 0.783.